The number of hydrogen-bond donors (Lipinski definition) is 2. The van der Waals surface area contributed by atoms with Gasteiger partial charge in [0.15, 0.2) is 0 Å². The quantitative estimate of drug-likeness (QED) is 0.470. The van der Waals surface area contributed by atoms with E-state index in [9.17, 15) is 22.4 Å². The molecule has 1 rings (SSSR count). The van der Waals surface area contributed by atoms with Crippen LogP contribution < -0.4 is 5.46 Å². The topological polar surface area (TPSA) is 74.6 Å². The van der Waals surface area contributed by atoms with Gasteiger partial charge in [0.2, 0.25) is 0 Å². The molecule has 0 heterocycles. The fourth-order valence-electron chi connectivity index (χ4n) is 2.39. The van der Waals surface area contributed by atoms with Crippen molar-refractivity contribution >= 4 is 22.8 Å². The Balaban J connectivity index is 3.92. The minimum absolute atomic E-state index is 0.00623. The van der Waals surface area contributed by atoms with Crippen LogP contribution in [-0.2, 0) is 16.6 Å². The molecule has 0 bridgehead atoms. The van der Waals surface area contributed by atoms with E-state index in [2.05, 4.69) is 5.92 Å². The van der Waals surface area contributed by atoms with Gasteiger partial charge in [-0.2, -0.15) is 8.42 Å². The molecule has 0 fully saturated rings. The van der Waals surface area contributed by atoms with E-state index in [1.807, 2.05) is 0 Å². The maximum Gasteiger partial charge on any atom is 0.489 e. The summed E-state index contributed by atoms with van der Waals surface area (Å²) < 4.78 is 35.9. The molecule has 0 saturated heterocycles. The van der Waals surface area contributed by atoms with Crippen molar-refractivity contribution in [1.29, 1.82) is 0 Å². The summed E-state index contributed by atoms with van der Waals surface area (Å²) in [5.74, 6) is 2.35. The first-order chi connectivity index (χ1) is 8.62. The predicted octanol–water partition coefficient (Wildman–Crippen LogP) is 0.126. The van der Waals surface area contributed by atoms with Gasteiger partial charge in [0.25, 0.3) is 0 Å². The average molecular weight is 284 g/mol. The average Bonchev–Trinajstić information content (AvgIpc) is 2.21. The zero-order valence-electron chi connectivity index (χ0n) is 10.9. The number of benzene rings is 1. The zero-order chi connectivity index (χ0) is 15.0. The molecule has 1 aromatic rings. The van der Waals surface area contributed by atoms with Gasteiger partial charge in [0, 0.05) is 6.42 Å². The van der Waals surface area contributed by atoms with Gasteiger partial charge in [0.05, 0.1) is 0 Å². The summed E-state index contributed by atoms with van der Waals surface area (Å²) in [6.45, 7) is 4.38. The molecule has 0 radical (unpaired) electrons. The molecule has 0 spiro atoms. The largest absolute Gasteiger partial charge is 0.489 e. The molecule has 0 aliphatic rings. The molecule has 4 nitrogen and oxygen atoms in total. The Morgan fingerprint density at radius 2 is 1.74 bits per heavy atom. The Kier molecular flexibility index (Phi) is 4.41. The second-order valence-corrected chi connectivity index (χ2v) is 5.57. The fraction of sp³-hybridized carbons (Fsp3) is 0.333. The second-order valence-electron chi connectivity index (χ2n) is 4.29. The standard InChI is InChI=1S/C12H14BFO4S/c1-5-6-10-7(2)11(13(15)16)9(4)12(8(10)3)19(14,17)18/h1,15-16H,6H2,2-4H3. The van der Waals surface area contributed by atoms with Crippen LogP contribution in [-0.4, -0.2) is 25.6 Å². The van der Waals surface area contributed by atoms with Crippen LogP contribution in [0.4, 0.5) is 3.89 Å². The van der Waals surface area contributed by atoms with Crippen molar-refractivity contribution in [3.05, 3.63) is 22.3 Å². The molecule has 0 aromatic heterocycles. The summed E-state index contributed by atoms with van der Waals surface area (Å²) in [4.78, 5) is -0.536. The second kappa shape index (κ2) is 5.33. The van der Waals surface area contributed by atoms with Crippen LogP contribution in [0.1, 0.15) is 22.3 Å². The van der Waals surface area contributed by atoms with Crippen molar-refractivity contribution in [2.75, 3.05) is 0 Å². The third-order valence-corrected chi connectivity index (χ3v) is 4.28. The fourth-order valence-corrected chi connectivity index (χ4v) is 3.35. The van der Waals surface area contributed by atoms with E-state index in [-0.39, 0.29) is 23.0 Å². The summed E-state index contributed by atoms with van der Waals surface area (Å²) in [6, 6.07) is 0. The van der Waals surface area contributed by atoms with Crippen molar-refractivity contribution in [1.82, 2.24) is 0 Å². The smallest absolute Gasteiger partial charge is 0.423 e. The van der Waals surface area contributed by atoms with Gasteiger partial charge in [-0.3, -0.25) is 0 Å². The van der Waals surface area contributed by atoms with E-state index in [0.717, 1.165) is 0 Å². The predicted molar refractivity (Wildman–Crippen MR) is 71.3 cm³/mol. The summed E-state index contributed by atoms with van der Waals surface area (Å²) >= 11 is 0. The summed E-state index contributed by atoms with van der Waals surface area (Å²) in [5.41, 5.74) is 1.07. The number of halogens is 1. The maximum atomic E-state index is 13.4. The van der Waals surface area contributed by atoms with Crippen LogP contribution in [0.15, 0.2) is 4.90 Å². The van der Waals surface area contributed by atoms with Crippen LogP contribution in [0.3, 0.4) is 0 Å². The van der Waals surface area contributed by atoms with Crippen LogP contribution in [0.2, 0.25) is 0 Å². The number of terminal acetylenes is 1. The molecule has 0 atom stereocenters. The lowest BCUT2D eigenvalue weighted by Crippen LogP contribution is -2.37. The highest BCUT2D eigenvalue weighted by Gasteiger charge is 2.29. The highest BCUT2D eigenvalue weighted by atomic mass is 32.3. The molecule has 2 N–H and O–H groups in total. The van der Waals surface area contributed by atoms with Gasteiger partial charge in [-0.05, 0) is 48.5 Å². The van der Waals surface area contributed by atoms with Crippen LogP contribution in [0.25, 0.3) is 0 Å². The van der Waals surface area contributed by atoms with Crippen molar-refractivity contribution in [2.24, 2.45) is 0 Å². The van der Waals surface area contributed by atoms with Crippen LogP contribution in [0.5, 0.6) is 0 Å². The minimum Gasteiger partial charge on any atom is -0.423 e. The molecule has 19 heavy (non-hydrogen) atoms. The third kappa shape index (κ3) is 2.81. The Hall–Kier alpha value is -1.36. The van der Waals surface area contributed by atoms with Crippen molar-refractivity contribution in [3.8, 4) is 12.3 Å². The lowest BCUT2D eigenvalue weighted by molar-refractivity contribution is 0.425. The van der Waals surface area contributed by atoms with E-state index < -0.39 is 22.2 Å². The Labute approximate surface area is 112 Å². The van der Waals surface area contributed by atoms with Gasteiger partial charge in [-0.15, -0.1) is 16.2 Å². The van der Waals surface area contributed by atoms with E-state index in [1.54, 1.807) is 6.92 Å². The van der Waals surface area contributed by atoms with Gasteiger partial charge in [-0.25, -0.2) is 0 Å². The highest BCUT2D eigenvalue weighted by Crippen LogP contribution is 2.27. The molecule has 102 valence electrons. The lowest BCUT2D eigenvalue weighted by Gasteiger charge is -2.19. The molecule has 7 heteroatoms. The van der Waals surface area contributed by atoms with Crippen LogP contribution in [0, 0.1) is 33.1 Å². The van der Waals surface area contributed by atoms with E-state index in [4.69, 9.17) is 6.42 Å². The summed E-state index contributed by atoms with van der Waals surface area (Å²) in [5, 5.41) is 18.7. The monoisotopic (exact) mass is 284 g/mol. The van der Waals surface area contributed by atoms with Crippen molar-refractivity contribution in [2.45, 2.75) is 32.1 Å². The van der Waals surface area contributed by atoms with E-state index in [0.29, 0.717) is 11.1 Å². The maximum absolute atomic E-state index is 13.4. The van der Waals surface area contributed by atoms with E-state index >= 15 is 0 Å². The normalized spacial score (nSPS) is 11.2. The van der Waals surface area contributed by atoms with Gasteiger partial charge in [-0.1, -0.05) is 0 Å². The zero-order valence-corrected chi connectivity index (χ0v) is 11.7. The molecule has 0 aliphatic heterocycles. The van der Waals surface area contributed by atoms with Gasteiger partial charge >= 0.3 is 17.3 Å². The first kappa shape index (κ1) is 15.7. The number of hydrogen-bond acceptors (Lipinski definition) is 4. The van der Waals surface area contributed by atoms with Crippen molar-refractivity contribution < 1.29 is 22.4 Å². The van der Waals surface area contributed by atoms with Gasteiger partial charge in [0.1, 0.15) is 4.90 Å². The summed E-state index contributed by atoms with van der Waals surface area (Å²) in [7, 11) is -6.86. The summed E-state index contributed by atoms with van der Waals surface area (Å²) in [6.07, 6.45) is 5.29. The first-order valence-electron chi connectivity index (χ1n) is 5.49. The molecular formula is C12H14BFO4S. The Morgan fingerprint density at radius 1 is 1.21 bits per heavy atom. The Bertz CT molecular complexity index is 660. The molecule has 1 aromatic carbocycles. The number of rotatable bonds is 3. The van der Waals surface area contributed by atoms with Crippen LogP contribution >= 0.6 is 0 Å². The van der Waals surface area contributed by atoms with Gasteiger partial charge < -0.3 is 10.0 Å². The SMILES string of the molecule is C#CCc1c(C)c(B(O)O)c(C)c(S(=O)(=O)F)c1C. The van der Waals surface area contributed by atoms with Crippen molar-refractivity contribution in [3.63, 3.8) is 0 Å². The highest BCUT2D eigenvalue weighted by molar-refractivity contribution is 7.86. The Morgan fingerprint density at radius 3 is 2.11 bits per heavy atom. The first-order valence-corrected chi connectivity index (χ1v) is 6.88. The van der Waals surface area contributed by atoms with E-state index in [1.165, 1.54) is 13.8 Å². The lowest BCUT2D eigenvalue weighted by atomic mass is 9.72. The molecule has 0 unspecified atom stereocenters. The minimum atomic E-state index is -4.97. The molecular weight excluding hydrogens is 270 g/mol. The molecule has 0 amide bonds. The molecule has 0 aliphatic carbocycles. The third-order valence-electron chi connectivity index (χ3n) is 3.18. The molecule has 0 saturated carbocycles.